The van der Waals surface area contributed by atoms with Gasteiger partial charge in [-0.1, -0.05) is 128 Å². The fraction of sp³-hybridized carbons (Fsp3) is 0.520. The number of benzene rings is 4. The van der Waals surface area contributed by atoms with Crippen LogP contribution in [0, 0.1) is 0 Å². The molecule has 0 N–H and O–H groups in total. The highest BCUT2D eigenvalue weighted by molar-refractivity contribution is 6.24. The topological polar surface area (TPSA) is 0 Å². The molecule has 4 aliphatic carbocycles. The lowest BCUT2D eigenvalue weighted by molar-refractivity contribution is 0.331. The first-order chi connectivity index (χ1) is 24.0. The molecule has 0 radical (unpaired) electrons. The van der Waals surface area contributed by atoms with Crippen LogP contribution in [-0.4, -0.2) is 9.75 Å². The van der Waals surface area contributed by atoms with Gasteiger partial charge >= 0.3 is 0 Å². The van der Waals surface area contributed by atoms with Crippen LogP contribution in [0.3, 0.4) is 0 Å². The average Bonchev–Trinajstić information content (AvgIpc) is 3.61. The maximum atomic E-state index is 5.98. The molecule has 0 aromatic heterocycles. The van der Waals surface area contributed by atoms with Crippen molar-refractivity contribution >= 4 is 23.2 Å². The van der Waals surface area contributed by atoms with Gasteiger partial charge in [-0.3, -0.25) is 0 Å². The van der Waals surface area contributed by atoms with Crippen LogP contribution in [0.5, 0.6) is 0 Å². The molecule has 0 spiro atoms. The van der Waals surface area contributed by atoms with Gasteiger partial charge in [0.15, 0.2) is 0 Å². The molecule has 278 valence electrons. The molecule has 0 bridgehead atoms. The zero-order valence-electron chi connectivity index (χ0n) is 34.3. The fourth-order valence-electron chi connectivity index (χ4n) is 8.99. The van der Waals surface area contributed by atoms with E-state index in [0.717, 1.165) is 25.7 Å². The van der Waals surface area contributed by atoms with Gasteiger partial charge in [0.25, 0.3) is 0 Å². The van der Waals surface area contributed by atoms with Gasteiger partial charge in [-0.2, -0.15) is 0 Å². The summed E-state index contributed by atoms with van der Waals surface area (Å²) in [6, 6.07) is 27.7. The van der Waals surface area contributed by atoms with Crippen molar-refractivity contribution in [1.82, 2.24) is 0 Å². The Morgan fingerprint density at radius 1 is 0.423 bits per heavy atom. The molecular formula is C50H64Cl2. The molecule has 4 aromatic rings. The summed E-state index contributed by atoms with van der Waals surface area (Å²) in [5.74, 6) is 0. The lowest BCUT2D eigenvalue weighted by Crippen LogP contribution is -2.34. The van der Waals surface area contributed by atoms with Crippen molar-refractivity contribution in [3.05, 3.63) is 117 Å². The Hall–Kier alpha value is -2.54. The molecule has 0 unspecified atom stereocenters. The van der Waals surface area contributed by atoms with Crippen molar-refractivity contribution in [1.29, 1.82) is 0 Å². The molecule has 0 atom stereocenters. The van der Waals surface area contributed by atoms with Gasteiger partial charge in [-0.15, -0.1) is 23.2 Å². The monoisotopic (exact) mass is 734 g/mol. The van der Waals surface area contributed by atoms with Crippen LogP contribution in [0.15, 0.2) is 72.8 Å². The standard InChI is InChI=1S/C29H38.C13H10.C8H16Cl2/c1-26(2)9-11-28(5,6)24-16-20-18(14-22(24)26)13-19-15-23-25(17-21(19)20)29(7,8)12-10-27(23,3)4;1-3-7-12-10(5-1)9-11-6-2-4-8-13(11)12;1-7(2,9)5-6-8(3,4)10/h14-17H,9-13H2,1-8H3;1-8H,9H2;5-6H2,1-4H3. The molecule has 4 aliphatic rings. The predicted octanol–water partition coefficient (Wildman–Crippen LogP) is 15.0. The maximum absolute atomic E-state index is 5.98. The van der Waals surface area contributed by atoms with E-state index in [1.165, 1.54) is 59.1 Å². The molecule has 8 rings (SSSR count). The summed E-state index contributed by atoms with van der Waals surface area (Å²) in [6.45, 7) is 27.6. The summed E-state index contributed by atoms with van der Waals surface area (Å²) < 4.78 is 0. The van der Waals surface area contributed by atoms with E-state index >= 15 is 0 Å². The van der Waals surface area contributed by atoms with E-state index in [0.29, 0.717) is 0 Å². The molecule has 0 fully saturated rings. The largest absolute Gasteiger partial charge is 0.120 e. The van der Waals surface area contributed by atoms with Crippen LogP contribution in [0.2, 0.25) is 0 Å². The summed E-state index contributed by atoms with van der Waals surface area (Å²) in [6.07, 6.45) is 9.28. The second kappa shape index (κ2) is 13.6. The molecular weight excluding hydrogens is 671 g/mol. The number of hydrogen-bond donors (Lipinski definition) is 0. The predicted molar refractivity (Wildman–Crippen MR) is 229 cm³/mol. The first-order valence-corrected chi connectivity index (χ1v) is 20.6. The van der Waals surface area contributed by atoms with Crippen molar-refractivity contribution in [3.63, 3.8) is 0 Å². The third-order valence-electron chi connectivity index (χ3n) is 12.8. The summed E-state index contributed by atoms with van der Waals surface area (Å²) in [5, 5.41) is 0. The van der Waals surface area contributed by atoms with E-state index in [2.05, 4.69) is 128 Å². The second-order valence-electron chi connectivity index (χ2n) is 20.3. The third kappa shape index (κ3) is 8.10. The molecule has 0 nitrogen and oxygen atoms in total. The number of fused-ring (bicyclic) bond motifs is 8. The third-order valence-corrected chi connectivity index (χ3v) is 13.2. The molecule has 4 aromatic carbocycles. The highest BCUT2D eigenvalue weighted by Crippen LogP contribution is 2.53. The quantitative estimate of drug-likeness (QED) is 0.159. The lowest BCUT2D eigenvalue weighted by Gasteiger charge is -2.42. The molecule has 0 saturated heterocycles. The van der Waals surface area contributed by atoms with Crippen molar-refractivity contribution in [3.8, 4) is 22.3 Å². The van der Waals surface area contributed by atoms with Gasteiger partial charge in [-0.25, -0.2) is 0 Å². The van der Waals surface area contributed by atoms with Gasteiger partial charge < -0.3 is 0 Å². The number of alkyl halides is 2. The summed E-state index contributed by atoms with van der Waals surface area (Å²) in [5.41, 5.74) is 19.4. The number of rotatable bonds is 3. The van der Waals surface area contributed by atoms with Gasteiger partial charge in [-0.05, 0) is 167 Å². The molecule has 0 heterocycles. The van der Waals surface area contributed by atoms with Crippen LogP contribution in [0.4, 0.5) is 0 Å². The zero-order valence-corrected chi connectivity index (χ0v) is 35.9. The highest BCUT2D eigenvalue weighted by atomic mass is 35.5. The van der Waals surface area contributed by atoms with E-state index in [1.807, 2.05) is 27.7 Å². The SMILES string of the molecule is CC(C)(Cl)CCC(C)(C)Cl.CC1(C)CCC(C)(C)c2cc3c(cc21)Cc1cc2c(cc1-3)C(C)(C)CCC2(C)C.c1ccc2c(c1)Cc1ccccc1-2. The molecule has 0 amide bonds. The van der Waals surface area contributed by atoms with E-state index in [9.17, 15) is 0 Å². The van der Waals surface area contributed by atoms with Crippen molar-refractivity contribution in [2.45, 2.75) is 166 Å². The summed E-state index contributed by atoms with van der Waals surface area (Å²) in [4.78, 5) is -0.210. The normalized spacial score (nSPS) is 19.3. The molecule has 2 heteroatoms. The van der Waals surface area contributed by atoms with Gasteiger partial charge in [0.2, 0.25) is 0 Å². The Labute approximate surface area is 327 Å². The smallest absolute Gasteiger partial charge is 0.0391 e. The number of hydrogen-bond acceptors (Lipinski definition) is 0. The van der Waals surface area contributed by atoms with Crippen LogP contribution in [-0.2, 0) is 34.5 Å². The Kier molecular flexibility index (Phi) is 10.3. The van der Waals surface area contributed by atoms with Crippen LogP contribution >= 0.6 is 23.2 Å². The van der Waals surface area contributed by atoms with Gasteiger partial charge in [0.1, 0.15) is 0 Å². The van der Waals surface area contributed by atoms with E-state index in [4.69, 9.17) is 23.2 Å². The second-order valence-corrected chi connectivity index (χ2v) is 22.3. The summed E-state index contributed by atoms with van der Waals surface area (Å²) in [7, 11) is 0. The minimum absolute atomic E-state index is 0.105. The lowest BCUT2D eigenvalue weighted by atomic mass is 9.62. The minimum atomic E-state index is -0.105. The first kappa shape index (κ1) is 39.2. The van der Waals surface area contributed by atoms with Crippen LogP contribution in [0.25, 0.3) is 22.3 Å². The highest BCUT2D eigenvalue weighted by Gasteiger charge is 2.41. The Bertz CT molecular complexity index is 1810. The van der Waals surface area contributed by atoms with Crippen LogP contribution in [0.1, 0.15) is 166 Å². The molecule has 52 heavy (non-hydrogen) atoms. The van der Waals surface area contributed by atoms with Crippen molar-refractivity contribution in [2.24, 2.45) is 0 Å². The minimum Gasteiger partial charge on any atom is -0.120 e. The molecule has 0 aliphatic heterocycles. The Balaban J connectivity index is 0.000000166. The Morgan fingerprint density at radius 2 is 0.712 bits per heavy atom. The maximum Gasteiger partial charge on any atom is 0.0391 e. The van der Waals surface area contributed by atoms with Gasteiger partial charge in [0.05, 0.1) is 0 Å². The van der Waals surface area contributed by atoms with E-state index in [1.54, 1.807) is 33.4 Å². The Morgan fingerprint density at radius 3 is 1.04 bits per heavy atom. The number of halogens is 2. The van der Waals surface area contributed by atoms with Crippen molar-refractivity contribution in [2.75, 3.05) is 0 Å². The summed E-state index contributed by atoms with van der Waals surface area (Å²) >= 11 is 12.0. The van der Waals surface area contributed by atoms with Crippen LogP contribution < -0.4 is 0 Å². The van der Waals surface area contributed by atoms with Gasteiger partial charge in [0, 0.05) is 9.75 Å². The average molecular weight is 736 g/mol. The fourth-order valence-corrected chi connectivity index (χ4v) is 9.18. The van der Waals surface area contributed by atoms with E-state index < -0.39 is 0 Å². The first-order valence-electron chi connectivity index (χ1n) is 19.9. The zero-order chi connectivity index (χ0) is 38.1. The van der Waals surface area contributed by atoms with Crippen molar-refractivity contribution < 1.29 is 0 Å². The molecule has 0 saturated carbocycles. The van der Waals surface area contributed by atoms with E-state index in [-0.39, 0.29) is 31.4 Å².